The number of likely N-dealkylation sites (N-methyl/N-ethyl adjacent to an activating group) is 4. The number of nitrogens with one attached hydrogen (secondary N) is 1. The van der Waals surface area contributed by atoms with Crippen LogP contribution in [0.1, 0.15) is 205 Å². The van der Waals surface area contributed by atoms with Gasteiger partial charge in [0, 0.05) is 73.3 Å². The number of carbonyl (C=O) groups excluding carboxylic acids is 9. The van der Waals surface area contributed by atoms with Crippen LogP contribution in [-0.2, 0) is 112 Å². The van der Waals surface area contributed by atoms with Gasteiger partial charge in [-0.25, -0.2) is 47.1 Å². The number of benzene rings is 4. The minimum Gasteiger partial charge on any atom is -0.478 e. The van der Waals surface area contributed by atoms with Crippen LogP contribution >= 0.6 is 0 Å². The molecule has 0 aromatic heterocycles. The van der Waals surface area contributed by atoms with Gasteiger partial charge in [-0.15, -0.1) is 0 Å². The van der Waals surface area contributed by atoms with Crippen molar-refractivity contribution < 1.29 is 109 Å². The molecule has 4 aromatic carbocycles. The highest BCUT2D eigenvalue weighted by atomic mass is 19.1. The van der Waals surface area contributed by atoms with Crippen molar-refractivity contribution in [1.82, 2.24) is 20.0 Å². The topological polar surface area (TPSA) is 305 Å². The smallest absolute Gasteiger partial charge is 0.410 e. The highest BCUT2D eigenvalue weighted by molar-refractivity contribution is 5.91. The SMILES string of the molecule is CN(C(=O)OC(C)(C)C)[C@@H](CC(C)(C)F)C(=O)O[C@H](Cc1ccc(C2CCOCC2)cc1)C(=O)O.CN[C@@H](CC1CC1)C(=O)O[C@H](C)C(=O)OCc1ccccc1.C[C@@H](OC(=O)[C@H](CC1CC1)N(C)C(=O)[C@@H](Cc1ccc(C2CCOCC2)cc1)OC(=O)[C@H](CC(C)(C)F)N(C)C(=O)OC(C)(C)C)C(=O)OCc1ccccc1. The first kappa shape index (κ1) is 92.8. The Morgan fingerprint density at radius 3 is 1.16 bits per heavy atom. The molecule has 0 unspecified atom stereocenters. The maximum atomic E-state index is 15.2. The van der Waals surface area contributed by atoms with Crippen molar-refractivity contribution in [2.75, 3.05) is 54.6 Å². The average molecular weight is 1580 g/mol. The van der Waals surface area contributed by atoms with Crippen LogP contribution in [-0.4, -0.2) is 205 Å². The lowest BCUT2D eigenvalue weighted by atomic mass is 9.90. The Hall–Kier alpha value is -9.08. The number of ether oxygens (including phenoxy) is 10. The molecule has 8 atom stereocenters. The van der Waals surface area contributed by atoms with Crippen LogP contribution in [0.15, 0.2) is 109 Å². The number of carboxylic acid groups (broad SMARTS) is 1. The molecule has 3 amide bonds. The van der Waals surface area contributed by atoms with Crippen molar-refractivity contribution in [3.8, 4) is 0 Å². The standard InChI is InChI=1S/C43H59FN2O10.C26H38FNO7.C17H23NO4/c1-28(38(48)53-27-31-12-10-9-11-13-31)54-39(49)34(24-29-14-15-29)45(7)37(47)36(25-30-16-18-32(19-17-30)33-20-22-52-23-21-33)55-40(50)35(26-43(5,6)44)46(8)41(51)56-42(2,3)4;1-25(2,3)35-24(32)28(6)20(16-26(4,5)27)23(31)34-21(22(29)30)15-17-7-9-18(10-8-17)19-11-13-33-14-12-19;1-12(16(19)21-11-14-6-4-3-5-7-14)22-17(20)15(18-2)10-13-8-9-13/h9-13,16-19,28-29,33-36H,14-15,20-27H2,1-8H3;7-10,19-21H,11-16H2,1-6H3,(H,29,30);3-7,12-13,15,18H,8-11H2,1-2H3/t28-,34+,35+,36-;20-,21+;12-,15+/m101/s1. The van der Waals surface area contributed by atoms with Crippen LogP contribution in [0, 0.1) is 11.8 Å². The number of hydrogen-bond acceptors (Lipinski definition) is 21. The molecule has 2 saturated heterocycles. The van der Waals surface area contributed by atoms with Gasteiger partial charge >= 0.3 is 54.0 Å². The lowest BCUT2D eigenvalue weighted by Gasteiger charge is -2.34. The second kappa shape index (κ2) is 43.4. The number of nitrogens with zero attached hydrogens (tertiary/aromatic N) is 3. The Morgan fingerprint density at radius 1 is 0.451 bits per heavy atom. The van der Waals surface area contributed by atoms with E-state index in [2.05, 4.69) is 5.32 Å². The van der Waals surface area contributed by atoms with Crippen LogP contribution in [0.2, 0.25) is 0 Å². The molecule has 27 heteroatoms. The molecule has 624 valence electrons. The number of alkyl halides is 2. The van der Waals surface area contributed by atoms with Crippen LogP contribution in [0.5, 0.6) is 0 Å². The molecule has 2 aliphatic carbocycles. The van der Waals surface area contributed by atoms with E-state index in [1.54, 1.807) is 60.7 Å². The first-order valence-electron chi connectivity index (χ1n) is 39.1. The third kappa shape index (κ3) is 33.5. The van der Waals surface area contributed by atoms with Gasteiger partial charge in [-0.3, -0.25) is 19.4 Å². The lowest BCUT2D eigenvalue weighted by Crippen LogP contribution is -2.52. The molecule has 0 bridgehead atoms. The fourth-order valence-corrected chi connectivity index (χ4v) is 12.5. The van der Waals surface area contributed by atoms with Crippen molar-refractivity contribution in [3.05, 3.63) is 143 Å². The molecular weight excluding hydrogens is 1460 g/mol. The molecule has 2 N–H and O–H groups in total. The molecule has 4 aliphatic rings. The van der Waals surface area contributed by atoms with Gasteiger partial charge in [-0.2, -0.15) is 0 Å². The number of aliphatic carboxylic acids is 1. The number of amides is 3. The van der Waals surface area contributed by atoms with Crippen molar-refractivity contribution in [3.63, 3.8) is 0 Å². The Labute approximate surface area is 664 Å². The zero-order valence-corrected chi connectivity index (χ0v) is 68.7. The van der Waals surface area contributed by atoms with Crippen molar-refractivity contribution in [2.45, 2.75) is 269 Å². The van der Waals surface area contributed by atoms with E-state index in [-0.39, 0.29) is 50.9 Å². The zero-order chi connectivity index (χ0) is 83.5. The van der Waals surface area contributed by atoms with Crippen molar-refractivity contribution in [1.29, 1.82) is 0 Å². The fourth-order valence-electron chi connectivity index (χ4n) is 12.5. The van der Waals surface area contributed by atoms with Gasteiger partial charge in [0.1, 0.15) is 59.9 Å². The first-order chi connectivity index (χ1) is 53.1. The van der Waals surface area contributed by atoms with Crippen LogP contribution < -0.4 is 5.32 Å². The predicted octanol–water partition coefficient (Wildman–Crippen LogP) is 13.3. The number of halogens is 2. The minimum absolute atomic E-state index is 0.00173. The molecule has 0 spiro atoms. The highest BCUT2D eigenvalue weighted by Crippen LogP contribution is 2.37. The van der Waals surface area contributed by atoms with Crippen LogP contribution in [0.25, 0.3) is 0 Å². The van der Waals surface area contributed by atoms with Crippen LogP contribution in [0.4, 0.5) is 18.4 Å². The second-order valence-corrected chi connectivity index (χ2v) is 32.9. The van der Waals surface area contributed by atoms with E-state index in [9.17, 15) is 57.4 Å². The molecule has 8 rings (SSSR count). The van der Waals surface area contributed by atoms with E-state index in [1.165, 1.54) is 80.4 Å². The van der Waals surface area contributed by atoms with Gasteiger partial charge in [0.05, 0.1) is 0 Å². The summed E-state index contributed by atoms with van der Waals surface area (Å²) >= 11 is 0. The van der Waals surface area contributed by atoms with Gasteiger partial charge < -0.3 is 62.7 Å². The Bertz CT molecular complexity index is 3710. The fraction of sp³-hybridized carbons (Fsp3) is 0.605. The zero-order valence-electron chi connectivity index (χ0n) is 68.7. The molecule has 113 heavy (non-hydrogen) atoms. The summed E-state index contributed by atoms with van der Waals surface area (Å²) in [5.74, 6) is -5.02. The first-order valence-corrected chi connectivity index (χ1v) is 39.1. The van der Waals surface area contributed by atoms with E-state index in [0.717, 1.165) is 90.2 Å². The monoisotopic (exact) mass is 1580 g/mol. The van der Waals surface area contributed by atoms with E-state index in [0.29, 0.717) is 42.1 Å². The molecule has 0 radical (unpaired) electrons. The summed E-state index contributed by atoms with van der Waals surface area (Å²) in [7, 11) is 5.78. The molecule has 2 heterocycles. The number of carbonyl (C=O) groups is 10. The summed E-state index contributed by atoms with van der Waals surface area (Å²) in [4.78, 5) is 133. The number of esters is 6. The van der Waals surface area contributed by atoms with E-state index < -0.39 is 131 Å². The molecule has 25 nitrogen and oxygen atoms in total. The van der Waals surface area contributed by atoms with Gasteiger partial charge in [-0.05, 0) is 186 Å². The van der Waals surface area contributed by atoms with Gasteiger partial charge in [0.15, 0.2) is 18.3 Å². The molecule has 4 fully saturated rings. The minimum atomic E-state index is -1.91. The summed E-state index contributed by atoms with van der Waals surface area (Å²) in [6, 6.07) is 29.5. The quantitative estimate of drug-likeness (QED) is 0.0324. The number of hydrogen-bond donors (Lipinski definition) is 2. The summed E-state index contributed by atoms with van der Waals surface area (Å²) in [5.41, 5.74) is -0.140. The largest absolute Gasteiger partial charge is 0.478 e. The maximum absolute atomic E-state index is 15.2. The normalized spacial score (nSPS) is 16.9. The predicted molar refractivity (Wildman–Crippen MR) is 416 cm³/mol. The molecule has 2 saturated carbocycles. The van der Waals surface area contributed by atoms with E-state index >= 15 is 4.39 Å². The lowest BCUT2D eigenvalue weighted by molar-refractivity contribution is -0.174. The Balaban J connectivity index is 0.000000295. The van der Waals surface area contributed by atoms with Crippen molar-refractivity contribution in [2.24, 2.45) is 11.8 Å². The van der Waals surface area contributed by atoms with Gasteiger partial charge in [0.2, 0.25) is 6.10 Å². The summed E-state index contributed by atoms with van der Waals surface area (Å²) in [6.45, 7) is 21.0. The van der Waals surface area contributed by atoms with Crippen molar-refractivity contribution >= 4 is 59.9 Å². The number of rotatable bonds is 34. The summed E-state index contributed by atoms with van der Waals surface area (Å²) < 4.78 is 83.9. The second-order valence-electron chi connectivity index (χ2n) is 32.9. The summed E-state index contributed by atoms with van der Waals surface area (Å²) in [5, 5.41) is 12.6. The molecular formula is C86H120F2N4O21. The van der Waals surface area contributed by atoms with Crippen LogP contribution in [0.3, 0.4) is 0 Å². The third-order valence-corrected chi connectivity index (χ3v) is 19.4. The molecule has 4 aromatic rings. The average Bonchev–Trinajstić information content (AvgIpc) is 1.54. The molecule has 2 aliphatic heterocycles. The highest BCUT2D eigenvalue weighted by Gasteiger charge is 2.44. The van der Waals surface area contributed by atoms with Gasteiger partial charge in [-0.1, -0.05) is 135 Å². The van der Waals surface area contributed by atoms with E-state index in [1.807, 2.05) is 97.1 Å². The third-order valence-electron chi connectivity index (χ3n) is 19.4. The maximum Gasteiger partial charge on any atom is 0.410 e. The number of carboxylic acids is 1. The summed E-state index contributed by atoms with van der Waals surface area (Å²) in [6.07, 6.45) is 0.976. The van der Waals surface area contributed by atoms with E-state index in [4.69, 9.17) is 47.4 Å². The Morgan fingerprint density at radius 2 is 0.805 bits per heavy atom. The van der Waals surface area contributed by atoms with Gasteiger partial charge in [0.25, 0.3) is 5.91 Å². The Kier molecular flexibility index (Phi) is 35.7.